The van der Waals surface area contributed by atoms with Gasteiger partial charge in [-0.2, -0.15) is 26.3 Å². The van der Waals surface area contributed by atoms with E-state index in [1.165, 1.54) is 11.3 Å². The van der Waals surface area contributed by atoms with Gasteiger partial charge < -0.3 is 15.6 Å². The van der Waals surface area contributed by atoms with Gasteiger partial charge in [-0.15, -0.1) is 11.3 Å². The molecular formula is C17H17F6NO2S. The Morgan fingerprint density at radius 3 is 2.04 bits per heavy atom. The lowest BCUT2D eigenvalue weighted by molar-refractivity contribution is -0.143. The third-order valence-corrected chi connectivity index (χ3v) is 4.86. The summed E-state index contributed by atoms with van der Waals surface area (Å²) in [5, 5.41) is 12.4. The summed E-state index contributed by atoms with van der Waals surface area (Å²) < 4.78 is 82.5. The van der Waals surface area contributed by atoms with E-state index >= 15 is 0 Å². The van der Waals surface area contributed by atoms with Crippen LogP contribution < -0.4 is 5.73 Å². The fraction of sp³-hybridized carbons (Fsp3) is 0.412. The van der Waals surface area contributed by atoms with Crippen LogP contribution in [0.2, 0.25) is 0 Å². The van der Waals surface area contributed by atoms with Gasteiger partial charge in [-0.25, -0.2) is 0 Å². The molecule has 3 nitrogen and oxygen atoms in total. The van der Waals surface area contributed by atoms with Crippen LogP contribution in [0.1, 0.15) is 28.0 Å². The van der Waals surface area contributed by atoms with E-state index in [1.54, 1.807) is 17.5 Å². The van der Waals surface area contributed by atoms with E-state index in [0.717, 1.165) is 0 Å². The molecule has 0 fully saturated rings. The zero-order valence-electron chi connectivity index (χ0n) is 13.9. The quantitative estimate of drug-likeness (QED) is 0.656. The van der Waals surface area contributed by atoms with E-state index in [2.05, 4.69) is 0 Å². The van der Waals surface area contributed by atoms with Gasteiger partial charge >= 0.3 is 12.4 Å². The standard InChI is InChI=1S/C17H17F6NO2S/c18-16(19,20)12-6-11(7-13(8-12)17(21,22)23)9-26-10-15(25,3-4-24)14-2-1-5-27-14/h1-2,5-8,25H,3-4,9-10,24H2. The van der Waals surface area contributed by atoms with Crippen molar-refractivity contribution < 1.29 is 36.2 Å². The molecule has 150 valence electrons. The van der Waals surface area contributed by atoms with Gasteiger partial charge in [-0.3, -0.25) is 0 Å². The molecule has 0 aliphatic heterocycles. The molecule has 0 aliphatic carbocycles. The van der Waals surface area contributed by atoms with Crippen molar-refractivity contribution in [3.63, 3.8) is 0 Å². The number of hydrogen-bond acceptors (Lipinski definition) is 4. The third kappa shape index (κ3) is 5.68. The Hall–Kier alpha value is -1.62. The Kier molecular flexibility index (Phi) is 6.56. The number of benzene rings is 1. The topological polar surface area (TPSA) is 55.5 Å². The maximum Gasteiger partial charge on any atom is 0.416 e. The Morgan fingerprint density at radius 2 is 1.59 bits per heavy atom. The first kappa shape index (κ1) is 21.7. The highest BCUT2D eigenvalue weighted by atomic mass is 32.1. The summed E-state index contributed by atoms with van der Waals surface area (Å²) in [6, 6.07) is 4.60. The lowest BCUT2D eigenvalue weighted by atomic mass is 9.99. The number of thiophene rings is 1. The fourth-order valence-corrected chi connectivity index (χ4v) is 3.33. The van der Waals surface area contributed by atoms with Crippen LogP contribution in [-0.2, 0) is 29.3 Å². The predicted molar refractivity (Wildman–Crippen MR) is 88.0 cm³/mol. The SMILES string of the molecule is NCCC(O)(COCc1cc(C(F)(F)F)cc(C(F)(F)F)c1)c1cccs1. The monoisotopic (exact) mass is 413 g/mol. The molecule has 0 radical (unpaired) electrons. The van der Waals surface area contributed by atoms with Gasteiger partial charge in [0.2, 0.25) is 0 Å². The molecule has 1 unspecified atom stereocenters. The Labute approximate surface area is 155 Å². The highest BCUT2D eigenvalue weighted by Crippen LogP contribution is 2.36. The van der Waals surface area contributed by atoms with Crippen molar-refractivity contribution in [3.8, 4) is 0 Å². The van der Waals surface area contributed by atoms with E-state index in [0.29, 0.717) is 17.0 Å². The molecule has 0 saturated carbocycles. The molecule has 0 bridgehead atoms. The summed E-state index contributed by atoms with van der Waals surface area (Å²) >= 11 is 1.24. The van der Waals surface area contributed by atoms with Crippen LogP contribution in [0.5, 0.6) is 0 Å². The average molecular weight is 413 g/mol. The van der Waals surface area contributed by atoms with E-state index < -0.39 is 35.7 Å². The first-order chi connectivity index (χ1) is 12.5. The number of aliphatic hydroxyl groups is 1. The second-order valence-electron chi connectivity index (χ2n) is 5.95. The van der Waals surface area contributed by atoms with Crippen LogP contribution in [-0.4, -0.2) is 18.3 Å². The first-order valence-corrected chi connectivity index (χ1v) is 8.66. The summed E-state index contributed by atoms with van der Waals surface area (Å²) in [5.41, 5.74) is 0.903. The van der Waals surface area contributed by atoms with Gasteiger partial charge in [-0.1, -0.05) is 6.07 Å². The Morgan fingerprint density at radius 1 is 1.00 bits per heavy atom. The number of halogens is 6. The molecule has 1 aromatic carbocycles. The molecule has 3 N–H and O–H groups in total. The van der Waals surface area contributed by atoms with Crippen molar-refractivity contribution in [2.45, 2.75) is 31.0 Å². The Bertz CT molecular complexity index is 713. The number of nitrogens with two attached hydrogens (primary N) is 1. The van der Waals surface area contributed by atoms with Crippen molar-refractivity contribution in [2.75, 3.05) is 13.2 Å². The van der Waals surface area contributed by atoms with Crippen LogP contribution in [0.15, 0.2) is 35.7 Å². The summed E-state index contributed by atoms with van der Waals surface area (Å²) in [7, 11) is 0. The zero-order chi connectivity index (χ0) is 20.3. The van der Waals surface area contributed by atoms with E-state index in [-0.39, 0.29) is 31.2 Å². The summed E-state index contributed by atoms with van der Waals surface area (Å²) in [5.74, 6) is 0. The predicted octanol–water partition coefficient (Wildman–Crippen LogP) is 4.54. The van der Waals surface area contributed by atoms with Crippen molar-refractivity contribution in [1.29, 1.82) is 0 Å². The Balaban J connectivity index is 2.19. The summed E-state index contributed by atoms with van der Waals surface area (Å²) in [4.78, 5) is 0.549. The largest absolute Gasteiger partial charge is 0.416 e. The summed E-state index contributed by atoms with van der Waals surface area (Å²) in [6.07, 6.45) is -9.72. The molecular weight excluding hydrogens is 396 g/mol. The minimum atomic E-state index is -4.92. The van der Waals surface area contributed by atoms with E-state index in [4.69, 9.17) is 10.5 Å². The van der Waals surface area contributed by atoms with Gasteiger partial charge in [0.15, 0.2) is 0 Å². The minimum absolute atomic E-state index is 0.0555. The number of hydrogen-bond donors (Lipinski definition) is 2. The van der Waals surface area contributed by atoms with Crippen molar-refractivity contribution in [2.24, 2.45) is 5.73 Å². The lowest BCUT2D eigenvalue weighted by Gasteiger charge is -2.26. The van der Waals surface area contributed by atoms with Crippen LogP contribution in [0.4, 0.5) is 26.3 Å². The number of rotatable bonds is 7. The smallest absolute Gasteiger partial charge is 0.382 e. The van der Waals surface area contributed by atoms with Gasteiger partial charge in [0.05, 0.1) is 24.3 Å². The molecule has 0 spiro atoms. The zero-order valence-corrected chi connectivity index (χ0v) is 14.7. The van der Waals surface area contributed by atoms with Crippen LogP contribution >= 0.6 is 11.3 Å². The molecule has 2 aromatic rings. The molecule has 27 heavy (non-hydrogen) atoms. The lowest BCUT2D eigenvalue weighted by Crippen LogP contribution is -2.33. The minimum Gasteiger partial charge on any atom is -0.382 e. The maximum absolute atomic E-state index is 12.9. The first-order valence-electron chi connectivity index (χ1n) is 7.78. The van der Waals surface area contributed by atoms with Crippen molar-refractivity contribution >= 4 is 11.3 Å². The van der Waals surface area contributed by atoms with Crippen LogP contribution in [0.25, 0.3) is 0 Å². The highest BCUT2D eigenvalue weighted by molar-refractivity contribution is 7.10. The molecule has 1 aromatic heterocycles. The van der Waals surface area contributed by atoms with Gasteiger partial charge in [-0.05, 0) is 48.2 Å². The molecule has 1 atom stereocenters. The van der Waals surface area contributed by atoms with Crippen LogP contribution in [0.3, 0.4) is 0 Å². The molecule has 2 rings (SSSR count). The second-order valence-corrected chi connectivity index (χ2v) is 6.90. The van der Waals surface area contributed by atoms with E-state index in [9.17, 15) is 31.4 Å². The van der Waals surface area contributed by atoms with Crippen LogP contribution in [0, 0.1) is 0 Å². The summed E-state index contributed by atoms with van der Waals surface area (Å²) in [6.45, 7) is -0.715. The number of ether oxygens (including phenoxy) is 1. The number of alkyl halides is 6. The molecule has 1 heterocycles. The van der Waals surface area contributed by atoms with Gasteiger partial charge in [0.25, 0.3) is 0 Å². The third-order valence-electron chi connectivity index (χ3n) is 3.79. The van der Waals surface area contributed by atoms with Crippen molar-refractivity contribution in [1.82, 2.24) is 0 Å². The molecule has 0 saturated heterocycles. The average Bonchev–Trinajstić information content (AvgIpc) is 3.08. The molecule has 0 amide bonds. The molecule has 0 aliphatic rings. The van der Waals surface area contributed by atoms with Crippen molar-refractivity contribution in [3.05, 3.63) is 57.3 Å². The van der Waals surface area contributed by atoms with E-state index in [1.807, 2.05) is 0 Å². The fourth-order valence-electron chi connectivity index (χ4n) is 2.49. The highest BCUT2D eigenvalue weighted by Gasteiger charge is 2.37. The normalized spacial score (nSPS) is 15.0. The van der Waals surface area contributed by atoms with Gasteiger partial charge in [0, 0.05) is 4.88 Å². The molecule has 10 heteroatoms. The maximum atomic E-state index is 12.9. The second kappa shape index (κ2) is 8.17. The van der Waals surface area contributed by atoms with Gasteiger partial charge in [0.1, 0.15) is 5.60 Å².